The van der Waals surface area contributed by atoms with Gasteiger partial charge in [-0.05, 0) is 24.1 Å². The molecule has 7 nitrogen and oxygen atoms in total. The molecule has 0 spiro atoms. The van der Waals surface area contributed by atoms with Crippen molar-refractivity contribution >= 4 is 11.8 Å². The smallest absolute Gasteiger partial charge is 0.248 e. The molecule has 0 radical (unpaired) electrons. The van der Waals surface area contributed by atoms with E-state index in [4.69, 9.17) is 14.2 Å². The fraction of sp³-hybridized carbons (Fsp3) is 0.556. The second-order valence-electron chi connectivity index (χ2n) is 5.91. The third-order valence-electron chi connectivity index (χ3n) is 4.27. The highest BCUT2D eigenvalue weighted by molar-refractivity contribution is 5.80. The van der Waals surface area contributed by atoms with E-state index in [9.17, 15) is 9.59 Å². The van der Waals surface area contributed by atoms with Crippen LogP contribution in [0.4, 0.5) is 0 Å². The van der Waals surface area contributed by atoms with Crippen molar-refractivity contribution in [2.24, 2.45) is 0 Å². The first-order valence-electron chi connectivity index (χ1n) is 8.34. The second-order valence-corrected chi connectivity index (χ2v) is 5.91. The number of hydrogen-bond acceptors (Lipinski definition) is 5. The van der Waals surface area contributed by atoms with Crippen LogP contribution >= 0.6 is 0 Å². The fourth-order valence-electron chi connectivity index (χ4n) is 2.91. The molecular formula is C18H26N2O5. The molecule has 1 fully saturated rings. The first-order valence-corrected chi connectivity index (χ1v) is 8.34. The summed E-state index contributed by atoms with van der Waals surface area (Å²) >= 11 is 0. The third-order valence-corrected chi connectivity index (χ3v) is 4.27. The Hall–Kier alpha value is -2.28. The Morgan fingerprint density at radius 3 is 2.16 bits per heavy atom. The maximum Gasteiger partial charge on any atom is 0.248 e. The van der Waals surface area contributed by atoms with Crippen molar-refractivity contribution in [3.8, 4) is 11.5 Å². The van der Waals surface area contributed by atoms with E-state index in [1.54, 1.807) is 25.2 Å². The molecule has 0 N–H and O–H groups in total. The molecule has 1 saturated heterocycles. The molecule has 2 amide bonds. The average molecular weight is 350 g/mol. The molecule has 0 aromatic heterocycles. The molecule has 0 atom stereocenters. The molecule has 0 aliphatic carbocycles. The van der Waals surface area contributed by atoms with Crippen LogP contribution in [0.15, 0.2) is 18.2 Å². The summed E-state index contributed by atoms with van der Waals surface area (Å²) in [6.07, 6.45) is 1.07. The van der Waals surface area contributed by atoms with E-state index in [0.717, 1.165) is 12.0 Å². The lowest BCUT2D eigenvalue weighted by molar-refractivity contribution is -0.136. The molecule has 1 aliphatic heterocycles. The molecule has 0 bridgehead atoms. The van der Waals surface area contributed by atoms with Crippen LogP contribution < -0.4 is 9.47 Å². The predicted molar refractivity (Wildman–Crippen MR) is 92.9 cm³/mol. The van der Waals surface area contributed by atoms with Gasteiger partial charge in [0.1, 0.15) is 6.61 Å². The van der Waals surface area contributed by atoms with Gasteiger partial charge in [-0.3, -0.25) is 9.59 Å². The van der Waals surface area contributed by atoms with Gasteiger partial charge in [-0.15, -0.1) is 0 Å². The number of rotatable bonds is 6. The van der Waals surface area contributed by atoms with Gasteiger partial charge in [0.25, 0.3) is 0 Å². The lowest BCUT2D eigenvalue weighted by atomic mass is 10.1. The Morgan fingerprint density at radius 1 is 0.920 bits per heavy atom. The lowest BCUT2D eigenvalue weighted by Crippen LogP contribution is -2.39. The van der Waals surface area contributed by atoms with Crippen molar-refractivity contribution in [3.63, 3.8) is 0 Å². The van der Waals surface area contributed by atoms with E-state index >= 15 is 0 Å². The quantitative estimate of drug-likeness (QED) is 0.764. The Labute approximate surface area is 148 Å². The van der Waals surface area contributed by atoms with E-state index in [1.165, 1.54) is 7.11 Å². The number of ether oxygens (including phenoxy) is 3. The van der Waals surface area contributed by atoms with Gasteiger partial charge < -0.3 is 24.0 Å². The number of nitrogens with zero attached hydrogens (tertiary/aromatic N) is 2. The van der Waals surface area contributed by atoms with Gasteiger partial charge in [-0.25, -0.2) is 0 Å². The molecular weight excluding hydrogens is 324 g/mol. The van der Waals surface area contributed by atoms with Crippen molar-refractivity contribution in [1.82, 2.24) is 9.80 Å². The normalized spacial score (nSPS) is 14.8. The highest BCUT2D eigenvalue weighted by Gasteiger charge is 2.22. The number of benzene rings is 1. The van der Waals surface area contributed by atoms with Crippen LogP contribution in [0, 0.1) is 0 Å². The number of amides is 2. The van der Waals surface area contributed by atoms with Gasteiger partial charge in [-0.1, -0.05) is 6.07 Å². The summed E-state index contributed by atoms with van der Waals surface area (Å²) in [5.41, 5.74) is 0.874. The number of hydrogen-bond donors (Lipinski definition) is 0. The lowest BCUT2D eigenvalue weighted by Gasteiger charge is -2.22. The molecule has 7 heteroatoms. The van der Waals surface area contributed by atoms with Crippen LogP contribution in [0.3, 0.4) is 0 Å². The molecule has 1 aliphatic rings. The minimum absolute atomic E-state index is 0.0308. The first-order chi connectivity index (χ1) is 12.1. The Bertz CT molecular complexity index is 605. The molecule has 25 heavy (non-hydrogen) atoms. The summed E-state index contributed by atoms with van der Waals surface area (Å²) in [5, 5.41) is 0. The summed E-state index contributed by atoms with van der Waals surface area (Å²) < 4.78 is 15.4. The van der Waals surface area contributed by atoms with E-state index in [2.05, 4.69) is 0 Å². The van der Waals surface area contributed by atoms with Crippen LogP contribution in [-0.4, -0.2) is 75.7 Å². The number of methoxy groups -OCH3 is 3. The van der Waals surface area contributed by atoms with Crippen LogP contribution in [-0.2, 0) is 20.7 Å². The molecule has 138 valence electrons. The van der Waals surface area contributed by atoms with E-state index < -0.39 is 0 Å². The van der Waals surface area contributed by atoms with Gasteiger partial charge in [0.2, 0.25) is 11.8 Å². The number of carbonyl (C=O) groups is 2. The van der Waals surface area contributed by atoms with E-state index in [-0.39, 0.29) is 18.4 Å². The molecule has 1 aromatic carbocycles. The zero-order valence-electron chi connectivity index (χ0n) is 15.1. The summed E-state index contributed by atoms with van der Waals surface area (Å²) in [6.45, 7) is 2.48. The average Bonchev–Trinajstić information content (AvgIpc) is 2.88. The van der Waals surface area contributed by atoms with Gasteiger partial charge >= 0.3 is 0 Å². The minimum atomic E-state index is -0.0308. The van der Waals surface area contributed by atoms with Crippen molar-refractivity contribution < 1.29 is 23.8 Å². The van der Waals surface area contributed by atoms with Gasteiger partial charge in [-0.2, -0.15) is 0 Å². The first kappa shape index (κ1) is 19.1. The Kier molecular flexibility index (Phi) is 7.06. The van der Waals surface area contributed by atoms with E-state index in [1.807, 2.05) is 17.0 Å². The second kappa shape index (κ2) is 9.27. The Morgan fingerprint density at radius 2 is 1.56 bits per heavy atom. The van der Waals surface area contributed by atoms with Crippen LogP contribution in [0.1, 0.15) is 12.0 Å². The van der Waals surface area contributed by atoms with Crippen molar-refractivity contribution in [3.05, 3.63) is 23.8 Å². The predicted octanol–water partition coefficient (Wildman–Crippen LogP) is 0.954. The standard InChI is InChI=1S/C18H26N2O5/c1-23-13-18(22)20-8-4-7-19(9-10-20)17(21)12-14-5-6-15(24-2)16(11-14)25-3/h5-6,11H,4,7-10,12-13H2,1-3H3. The zero-order chi connectivity index (χ0) is 18.2. The van der Waals surface area contributed by atoms with Crippen LogP contribution in [0.2, 0.25) is 0 Å². The van der Waals surface area contributed by atoms with Gasteiger partial charge in [0.05, 0.1) is 20.6 Å². The fourth-order valence-corrected chi connectivity index (χ4v) is 2.91. The summed E-state index contributed by atoms with van der Waals surface area (Å²) in [5.74, 6) is 1.27. The van der Waals surface area contributed by atoms with Crippen molar-refractivity contribution in [1.29, 1.82) is 0 Å². The zero-order valence-corrected chi connectivity index (χ0v) is 15.1. The Balaban J connectivity index is 1.96. The summed E-state index contributed by atoms with van der Waals surface area (Å²) in [6, 6.07) is 5.49. The summed E-state index contributed by atoms with van der Waals surface area (Å²) in [4.78, 5) is 28.1. The van der Waals surface area contributed by atoms with E-state index in [0.29, 0.717) is 44.1 Å². The SMILES string of the molecule is COCC(=O)N1CCCN(C(=O)Cc2ccc(OC)c(OC)c2)CC1. The maximum atomic E-state index is 12.6. The topological polar surface area (TPSA) is 68.3 Å². The molecule has 1 aromatic rings. The monoisotopic (exact) mass is 350 g/mol. The molecule has 0 saturated carbocycles. The molecule has 1 heterocycles. The van der Waals surface area contributed by atoms with Crippen LogP contribution in [0.25, 0.3) is 0 Å². The highest BCUT2D eigenvalue weighted by atomic mass is 16.5. The molecule has 2 rings (SSSR count). The van der Waals surface area contributed by atoms with Gasteiger partial charge in [0, 0.05) is 33.3 Å². The van der Waals surface area contributed by atoms with Crippen LogP contribution in [0.5, 0.6) is 11.5 Å². The summed E-state index contributed by atoms with van der Waals surface area (Å²) in [7, 11) is 4.66. The maximum absolute atomic E-state index is 12.6. The highest BCUT2D eigenvalue weighted by Crippen LogP contribution is 2.27. The molecule has 0 unspecified atom stereocenters. The van der Waals surface area contributed by atoms with Crippen molar-refractivity contribution in [2.75, 3.05) is 54.1 Å². The number of carbonyl (C=O) groups excluding carboxylic acids is 2. The van der Waals surface area contributed by atoms with Gasteiger partial charge in [0.15, 0.2) is 11.5 Å². The largest absolute Gasteiger partial charge is 0.493 e. The minimum Gasteiger partial charge on any atom is -0.493 e. The third kappa shape index (κ3) is 5.09. The van der Waals surface area contributed by atoms with Crippen molar-refractivity contribution in [2.45, 2.75) is 12.8 Å².